The van der Waals surface area contributed by atoms with E-state index in [1.807, 2.05) is 0 Å². The molecule has 0 aliphatic heterocycles. The van der Waals surface area contributed by atoms with Gasteiger partial charge in [-0.15, -0.1) is 0 Å². The second-order valence-corrected chi connectivity index (χ2v) is 4.83. The van der Waals surface area contributed by atoms with Crippen LogP contribution in [-0.4, -0.2) is 14.7 Å². The third-order valence-electron chi connectivity index (χ3n) is 1.77. The first-order valence-electron chi connectivity index (χ1n) is 4.23. The van der Waals surface area contributed by atoms with E-state index in [0.717, 1.165) is 13.2 Å². The van der Waals surface area contributed by atoms with Gasteiger partial charge in [-0.1, -0.05) is 0 Å². The molecule has 0 heterocycles. The summed E-state index contributed by atoms with van der Waals surface area (Å²) in [6.07, 6.45) is -0.598. The molecule has 1 aromatic rings. The molecule has 0 aromatic heterocycles. The Kier molecular flexibility index (Phi) is 3.59. The first-order valence-corrected chi connectivity index (χ1v) is 6.05. The molecule has 0 aliphatic rings. The van der Waals surface area contributed by atoms with Crippen molar-refractivity contribution >= 4 is 10.1 Å². The monoisotopic (exact) mass is 254 g/mol. The van der Waals surface area contributed by atoms with Crippen molar-refractivity contribution < 1.29 is 25.8 Å². The van der Waals surface area contributed by atoms with E-state index >= 15 is 0 Å². The topological polar surface area (TPSA) is 43.4 Å². The highest BCUT2D eigenvalue weighted by Gasteiger charge is 2.21. The highest BCUT2D eigenvalue weighted by molar-refractivity contribution is 7.86. The average molecular weight is 254 g/mol. The smallest absolute Gasteiger partial charge is 0.262 e. The van der Waals surface area contributed by atoms with Gasteiger partial charge in [0, 0.05) is 12.1 Å². The summed E-state index contributed by atoms with van der Waals surface area (Å²) in [5, 5.41) is 0. The summed E-state index contributed by atoms with van der Waals surface area (Å²) in [6.45, 7) is 1.15. The molecule has 7 heteroatoms. The summed E-state index contributed by atoms with van der Waals surface area (Å²) in [5.41, 5.74) is -0.619. The molecule has 0 fully saturated rings. The maximum absolute atomic E-state index is 13.2. The van der Waals surface area contributed by atoms with E-state index in [-0.39, 0.29) is 0 Å². The Bertz CT molecular complexity index is 476. The fourth-order valence-electron chi connectivity index (χ4n) is 1.25. The van der Waals surface area contributed by atoms with E-state index in [2.05, 4.69) is 4.18 Å². The zero-order valence-corrected chi connectivity index (χ0v) is 9.32. The molecule has 1 atom stereocenters. The summed E-state index contributed by atoms with van der Waals surface area (Å²) >= 11 is 0. The maximum atomic E-state index is 13.2. The van der Waals surface area contributed by atoms with Crippen molar-refractivity contribution in [3.63, 3.8) is 0 Å². The van der Waals surface area contributed by atoms with Crippen LogP contribution in [0.4, 0.5) is 13.2 Å². The summed E-state index contributed by atoms with van der Waals surface area (Å²) in [5.74, 6) is -3.45. The van der Waals surface area contributed by atoms with Crippen LogP contribution in [0.15, 0.2) is 12.1 Å². The van der Waals surface area contributed by atoms with Gasteiger partial charge in [-0.25, -0.2) is 13.2 Å². The number of benzene rings is 1. The van der Waals surface area contributed by atoms with Crippen LogP contribution < -0.4 is 0 Å². The van der Waals surface area contributed by atoms with Crippen LogP contribution in [0.1, 0.15) is 18.6 Å². The molecule has 0 aliphatic carbocycles. The van der Waals surface area contributed by atoms with Crippen molar-refractivity contribution in [1.29, 1.82) is 0 Å². The number of hydrogen-bond donors (Lipinski definition) is 0. The predicted molar refractivity (Wildman–Crippen MR) is 50.7 cm³/mol. The molecule has 90 valence electrons. The molecule has 0 saturated carbocycles. The van der Waals surface area contributed by atoms with Gasteiger partial charge in [0.05, 0.1) is 11.8 Å². The van der Waals surface area contributed by atoms with Gasteiger partial charge in [0.15, 0.2) is 0 Å². The van der Waals surface area contributed by atoms with Crippen molar-refractivity contribution in [1.82, 2.24) is 0 Å². The lowest BCUT2D eigenvalue weighted by Gasteiger charge is -2.13. The Labute approximate surface area is 91.0 Å². The standard InChI is InChI=1S/C9H9F3O3S/c1-5(15-16(2,13)14)9-7(11)3-6(10)4-8(9)12/h3-5H,1-2H3. The van der Waals surface area contributed by atoms with Gasteiger partial charge in [-0.05, 0) is 6.92 Å². The van der Waals surface area contributed by atoms with Crippen molar-refractivity contribution in [3.8, 4) is 0 Å². The lowest BCUT2D eigenvalue weighted by molar-refractivity contribution is 0.225. The lowest BCUT2D eigenvalue weighted by Crippen LogP contribution is -2.11. The summed E-state index contributed by atoms with van der Waals surface area (Å²) < 4.78 is 64.9. The molecule has 0 amide bonds. The van der Waals surface area contributed by atoms with E-state index in [0.29, 0.717) is 12.1 Å². The highest BCUT2D eigenvalue weighted by Crippen LogP contribution is 2.25. The van der Waals surface area contributed by atoms with Gasteiger partial charge in [-0.3, -0.25) is 4.18 Å². The van der Waals surface area contributed by atoms with Gasteiger partial charge in [0.2, 0.25) is 0 Å². The molecule has 1 rings (SSSR count). The first kappa shape index (κ1) is 13.0. The largest absolute Gasteiger partial charge is 0.264 e. The fourth-order valence-corrected chi connectivity index (χ4v) is 1.87. The van der Waals surface area contributed by atoms with E-state index in [1.165, 1.54) is 0 Å². The number of rotatable bonds is 3. The van der Waals surface area contributed by atoms with E-state index < -0.39 is 39.2 Å². The molecule has 0 bridgehead atoms. The fraction of sp³-hybridized carbons (Fsp3) is 0.333. The minimum absolute atomic E-state index is 0.459. The molecule has 0 radical (unpaired) electrons. The van der Waals surface area contributed by atoms with Gasteiger partial charge in [-0.2, -0.15) is 8.42 Å². The molecule has 0 N–H and O–H groups in total. The molecule has 1 aromatic carbocycles. The van der Waals surface area contributed by atoms with Crippen molar-refractivity contribution in [2.45, 2.75) is 13.0 Å². The third kappa shape index (κ3) is 3.21. The molecule has 16 heavy (non-hydrogen) atoms. The van der Waals surface area contributed by atoms with Crippen molar-refractivity contribution in [2.75, 3.05) is 6.26 Å². The molecule has 0 spiro atoms. The van der Waals surface area contributed by atoms with Crippen LogP contribution in [0.2, 0.25) is 0 Å². The van der Waals surface area contributed by atoms with Crippen LogP contribution >= 0.6 is 0 Å². The Morgan fingerprint density at radius 1 is 1.19 bits per heavy atom. The van der Waals surface area contributed by atoms with Crippen LogP contribution in [0.3, 0.4) is 0 Å². The molecule has 3 nitrogen and oxygen atoms in total. The molecular formula is C9H9F3O3S. The van der Waals surface area contributed by atoms with E-state index in [1.54, 1.807) is 0 Å². The van der Waals surface area contributed by atoms with Crippen LogP contribution in [-0.2, 0) is 14.3 Å². The zero-order valence-electron chi connectivity index (χ0n) is 8.50. The minimum atomic E-state index is -3.84. The second kappa shape index (κ2) is 4.42. The Morgan fingerprint density at radius 2 is 1.62 bits per heavy atom. The average Bonchev–Trinajstić information content (AvgIpc) is 1.96. The van der Waals surface area contributed by atoms with Gasteiger partial charge in [0.25, 0.3) is 10.1 Å². The van der Waals surface area contributed by atoms with Crippen molar-refractivity contribution in [2.24, 2.45) is 0 Å². The number of halogens is 3. The summed E-state index contributed by atoms with van der Waals surface area (Å²) in [6, 6.07) is 0.918. The second-order valence-electron chi connectivity index (χ2n) is 3.23. The SMILES string of the molecule is CC(OS(C)(=O)=O)c1c(F)cc(F)cc1F. The minimum Gasteiger partial charge on any atom is -0.262 e. The Hall–Kier alpha value is -1.08. The lowest BCUT2D eigenvalue weighted by atomic mass is 10.1. The number of hydrogen-bond acceptors (Lipinski definition) is 3. The highest BCUT2D eigenvalue weighted by atomic mass is 32.2. The van der Waals surface area contributed by atoms with Crippen LogP contribution in [0.25, 0.3) is 0 Å². The van der Waals surface area contributed by atoms with E-state index in [4.69, 9.17) is 0 Å². The molecule has 1 unspecified atom stereocenters. The van der Waals surface area contributed by atoms with Gasteiger partial charge < -0.3 is 0 Å². The quantitative estimate of drug-likeness (QED) is 0.776. The summed E-state index contributed by atoms with van der Waals surface area (Å²) in [4.78, 5) is 0. The first-order chi connectivity index (χ1) is 7.20. The van der Waals surface area contributed by atoms with E-state index in [9.17, 15) is 21.6 Å². The van der Waals surface area contributed by atoms with Gasteiger partial charge >= 0.3 is 0 Å². The Balaban J connectivity index is 3.14. The molecule has 0 saturated heterocycles. The van der Waals surface area contributed by atoms with Crippen LogP contribution in [0, 0.1) is 17.5 Å². The summed E-state index contributed by atoms with van der Waals surface area (Å²) in [7, 11) is -3.84. The normalized spacial score (nSPS) is 13.8. The predicted octanol–water partition coefficient (Wildman–Crippen LogP) is 2.14. The van der Waals surface area contributed by atoms with Gasteiger partial charge in [0.1, 0.15) is 23.6 Å². The van der Waals surface area contributed by atoms with Crippen LogP contribution in [0.5, 0.6) is 0 Å². The third-order valence-corrected chi connectivity index (χ3v) is 2.41. The molecular weight excluding hydrogens is 245 g/mol. The van der Waals surface area contributed by atoms with Crippen molar-refractivity contribution in [3.05, 3.63) is 35.1 Å². The Morgan fingerprint density at radius 3 is 2.00 bits per heavy atom. The zero-order chi connectivity index (χ0) is 12.5. The maximum Gasteiger partial charge on any atom is 0.264 e.